The van der Waals surface area contributed by atoms with Gasteiger partial charge >= 0.3 is 0 Å². The van der Waals surface area contributed by atoms with Gasteiger partial charge in [0.1, 0.15) is 5.75 Å². The number of ether oxygens (including phenoxy) is 1. The Morgan fingerprint density at radius 2 is 1.83 bits per heavy atom. The fourth-order valence-electron chi connectivity index (χ4n) is 1.66. The largest absolute Gasteiger partial charge is 0.497 e. The van der Waals surface area contributed by atoms with E-state index in [9.17, 15) is 10.1 Å². The number of rotatable bonds is 3. The summed E-state index contributed by atoms with van der Waals surface area (Å²) in [7, 11) is 1.52. The molecule has 0 aliphatic heterocycles. The van der Waals surface area contributed by atoms with Crippen LogP contribution in [0.1, 0.15) is 0 Å². The van der Waals surface area contributed by atoms with Crippen molar-refractivity contribution in [3.63, 3.8) is 0 Å². The molecule has 0 saturated carbocycles. The van der Waals surface area contributed by atoms with Gasteiger partial charge in [-0.1, -0.05) is 23.7 Å². The minimum atomic E-state index is -0.413. The molecular formula is C13H10ClNO3. The number of benzene rings is 2. The molecule has 18 heavy (non-hydrogen) atoms. The van der Waals surface area contributed by atoms with Crippen molar-refractivity contribution in [3.05, 3.63) is 57.6 Å². The molecule has 0 bridgehead atoms. The van der Waals surface area contributed by atoms with Crippen LogP contribution in [0.25, 0.3) is 11.1 Å². The number of nitro groups is 1. The SMILES string of the molecule is COc1ccc([N+](=O)[O-])c(-c2ccc(Cl)cc2)c1. The standard InChI is InChI=1S/C13H10ClNO3/c1-18-11-6-7-13(15(16)17)12(8-11)9-2-4-10(14)5-3-9/h2-8H,1H3. The van der Waals surface area contributed by atoms with E-state index in [0.29, 0.717) is 16.3 Å². The molecule has 0 amide bonds. The molecule has 2 rings (SSSR count). The molecule has 0 N–H and O–H groups in total. The summed E-state index contributed by atoms with van der Waals surface area (Å²) in [5, 5.41) is 11.6. The fraction of sp³-hybridized carbons (Fsp3) is 0.0769. The molecule has 0 spiro atoms. The molecule has 0 fully saturated rings. The van der Waals surface area contributed by atoms with Gasteiger partial charge in [0.25, 0.3) is 5.69 Å². The summed E-state index contributed by atoms with van der Waals surface area (Å²) in [4.78, 5) is 10.6. The van der Waals surface area contributed by atoms with E-state index < -0.39 is 4.92 Å². The third kappa shape index (κ3) is 2.43. The number of nitrogens with zero attached hydrogens (tertiary/aromatic N) is 1. The fourth-order valence-corrected chi connectivity index (χ4v) is 1.79. The van der Waals surface area contributed by atoms with E-state index in [2.05, 4.69) is 0 Å². The molecule has 0 aliphatic rings. The maximum Gasteiger partial charge on any atom is 0.277 e. The van der Waals surface area contributed by atoms with E-state index in [4.69, 9.17) is 16.3 Å². The maximum atomic E-state index is 11.0. The van der Waals surface area contributed by atoms with Gasteiger partial charge in [0.05, 0.1) is 17.6 Å². The van der Waals surface area contributed by atoms with E-state index in [1.165, 1.54) is 13.2 Å². The molecule has 0 unspecified atom stereocenters. The molecule has 2 aromatic rings. The van der Waals surface area contributed by atoms with Gasteiger partial charge in [-0.15, -0.1) is 0 Å². The Labute approximate surface area is 109 Å². The first-order valence-corrected chi connectivity index (χ1v) is 5.58. The first-order valence-electron chi connectivity index (χ1n) is 5.20. The van der Waals surface area contributed by atoms with Crippen molar-refractivity contribution in [2.75, 3.05) is 7.11 Å². The van der Waals surface area contributed by atoms with Crippen LogP contribution in [-0.4, -0.2) is 12.0 Å². The van der Waals surface area contributed by atoms with Crippen LogP contribution in [0.3, 0.4) is 0 Å². The van der Waals surface area contributed by atoms with Crippen LogP contribution in [0.5, 0.6) is 5.75 Å². The van der Waals surface area contributed by atoms with Gasteiger partial charge < -0.3 is 4.74 Å². The van der Waals surface area contributed by atoms with Crippen LogP contribution in [0.4, 0.5) is 5.69 Å². The summed E-state index contributed by atoms with van der Waals surface area (Å²) in [6.45, 7) is 0. The zero-order valence-corrected chi connectivity index (χ0v) is 10.3. The van der Waals surface area contributed by atoms with Crippen LogP contribution in [0.2, 0.25) is 5.02 Å². The van der Waals surface area contributed by atoms with Crippen molar-refractivity contribution in [1.29, 1.82) is 0 Å². The van der Waals surface area contributed by atoms with Crippen molar-refractivity contribution in [2.24, 2.45) is 0 Å². The highest BCUT2D eigenvalue weighted by Crippen LogP contribution is 2.33. The summed E-state index contributed by atoms with van der Waals surface area (Å²) in [6, 6.07) is 11.5. The zero-order valence-electron chi connectivity index (χ0n) is 9.59. The Hall–Kier alpha value is -2.07. The second-order valence-corrected chi connectivity index (χ2v) is 4.08. The van der Waals surface area contributed by atoms with Crippen molar-refractivity contribution in [3.8, 4) is 16.9 Å². The van der Waals surface area contributed by atoms with E-state index in [0.717, 1.165) is 5.56 Å². The number of halogens is 1. The summed E-state index contributed by atoms with van der Waals surface area (Å²) < 4.78 is 5.09. The average Bonchev–Trinajstić information content (AvgIpc) is 2.38. The zero-order chi connectivity index (χ0) is 13.1. The molecule has 5 heteroatoms. The molecule has 0 atom stereocenters. The first-order chi connectivity index (χ1) is 8.61. The Morgan fingerprint density at radius 1 is 1.17 bits per heavy atom. The predicted molar refractivity (Wildman–Crippen MR) is 70.1 cm³/mol. The van der Waals surface area contributed by atoms with Crippen LogP contribution >= 0.6 is 11.6 Å². The number of nitro benzene ring substituents is 1. The highest BCUT2D eigenvalue weighted by atomic mass is 35.5. The maximum absolute atomic E-state index is 11.0. The second kappa shape index (κ2) is 5.06. The summed E-state index contributed by atoms with van der Waals surface area (Å²) in [6.07, 6.45) is 0. The Balaban J connectivity index is 2.59. The third-order valence-electron chi connectivity index (χ3n) is 2.56. The van der Waals surface area contributed by atoms with Gasteiger partial charge in [-0.3, -0.25) is 10.1 Å². The van der Waals surface area contributed by atoms with E-state index in [1.807, 2.05) is 0 Å². The van der Waals surface area contributed by atoms with Gasteiger partial charge in [-0.2, -0.15) is 0 Å². The minimum absolute atomic E-state index is 0.0399. The molecule has 0 radical (unpaired) electrons. The van der Waals surface area contributed by atoms with Crippen LogP contribution in [0, 0.1) is 10.1 Å². The van der Waals surface area contributed by atoms with E-state index >= 15 is 0 Å². The van der Waals surface area contributed by atoms with Gasteiger partial charge in [0.15, 0.2) is 0 Å². The average molecular weight is 264 g/mol. The summed E-state index contributed by atoms with van der Waals surface area (Å²) in [5.41, 5.74) is 1.28. The Kier molecular flexibility index (Phi) is 3.48. The molecule has 92 valence electrons. The van der Waals surface area contributed by atoms with Crippen molar-refractivity contribution < 1.29 is 9.66 Å². The molecule has 0 aromatic heterocycles. The minimum Gasteiger partial charge on any atom is -0.497 e. The quantitative estimate of drug-likeness (QED) is 0.623. The highest BCUT2D eigenvalue weighted by molar-refractivity contribution is 6.30. The second-order valence-electron chi connectivity index (χ2n) is 3.65. The molecular weight excluding hydrogens is 254 g/mol. The van der Waals surface area contributed by atoms with Crippen LogP contribution < -0.4 is 4.74 Å². The topological polar surface area (TPSA) is 52.4 Å². The lowest BCUT2D eigenvalue weighted by atomic mass is 10.0. The van der Waals surface area contributed by atoms with E-state index in [1.54, 1.807) is 36.4 Å². The summed E-state index contributed by atoms with van der Waals surface area (Å²) in [5.74, 6) is 0.575. The lowest BCUT2D eigenvalue weighted by Crippen LogP contribution is -1.93. The lowest BCUT2D eigenvalue weighted by Gasteiger charge is -2.06. The Morgan fingerprint density at radius 3 is 2.39 bits per heavy atom. The normalized spacial score (nSPS) is 10.1. The number of hydrogen-bond donors (Lipinski definition) is 0. The van der Waals surface area contributed by atoms with Gasteiger partial charge in [-0.25, -0.2) is 0 Å². The molecule has 2 aromatic carbocycles. The van der Waals surface area contributed by atoms with Gasteiger partial charge in [-0.05, 0) is 29.8 Å². The molecule has 0 saturated heterocycles. The third-order valence-corrected chi connectivity index (χ3v) is 2.81. The molecule has 4 nitrogen and oxygen atoms in total. The smallest absolute Gasteiger partial charge is 0.277 e. The van der Waals surface area contributed by atoms with E-state index in [-0.39, 0.29) is 5.69 Å². The van der Waals surface area contributed by atoms with Crippen molar-refractivity contribution in [2.45, 2.75) is 0 Å². The van der Waals surface area contributed by atoms with Gasteiger partial charge in [0.2, 0.25) is 0 Å². The number of methoxy groups -OCH3 is 1. The van der Waals surface area contributed by atoms with Gasteiger partial charge in [0, 0.05) is 11.1 Å². The van der Waals surface area contributed by atoms with Crippen molar-refractivity contribution >= 4 is 17.3 Å². The van der Waals surface area contributed by atoms with Crippen molar-refractivity contribution in [1.82, 2.24) is 0 Å². The lowest BCUT2D eigenvalue weighted by molar-refractivity contribution is -0.384. The predicted octanol–water partition coefficient (Wildman–Crippen LogP) is 3.92. The highest BCUT2D eigenvalue weighted by Gasteiger charge is 2.16. The van der Waals surface area contributed by atoms with Crippen LogP contribution in [-0.2, 0) is 0 Å². The van der Waals surface area contributed by atoms with Crippen LogP contribution in [0.15, 0.2) is 42.5 Å². The number of hydrogen-bond acceptors (Lipinski definition) is 3. The summed E-state index contributed by atoms with van der Waals surface area (Å²) >= 11 is 5.80. The molecule has 0 heterocycles. The monoisotopic (exact) mass is 263 g/mol. The Bertz CT molecular complexity index is 581. The first kappa shape index (κ1) is 12.4. The molecule has 0 aliphatic carbocycles.